The molecule has 0 aromatic carbocycles. The lowest BCUT2D eigenvalue weighted by Gasteiger charge is -2.10. The van der Waals surface area contributed by atoms with Gasteiger partial charge in [-0.15, -0.1) is 0 Å². The molecule has 0 aromatic heterocycles. The monoisotopic (exact) mass is 167 g/mol. The van der Waals surface area contributed by atoms with Crippen LogP contribution in [0, 0.1) is 5.92 Å². The molecule has 0 aliphatic carbocycles. The number of rotatable bonds is 6. The van der Waals surface area contributed by atoms with Gasteiger partial charge in [0.1, 0.15) is 6.61 Å². The highest BCUT2D eigenvalue weighted by molar-refractivity contribution is 4.52. The van der Waals surface area contributed by atoms with Gasteiger partial charge in [0.2, 0.25) is 0 Å². The number of halogens is 2. The van der Waals surface area contributed by atoms with Crippen LogP contribution in [0.5, 0.6) is 0 Å². The fourth-order valence-electron chi connectivity index (χ4n) is 0.766. The van der Waals surface area contributed by atoms with Gasteiger partial charge >= 0.3 is 0 Å². The molecule has 1 unspecified atom stereocenters. The highest BCUT2D eigenvalue weighted by Gasteiger charge is 2.04. The Morgan fingerprint density at radius 1 is 1.36 bits per heavy atom. The summed E-state index contributed by atoms with van der Waals surface area (Å²) < 4.78 is 27.8. The Morgan fingerprint density at radius 2 is 2.00 bits per heavy atom. The molecule has 0 saturated carbocycles. The first-order valence-corrected chi connectivity index (χ1v) is 3.67. The summed E-state index contributed by atoms with van der Waals surface area (Å²) in [7, 11) is 1.82. The topological polar surface area (TPSA) is 21.3 Å². The number of hydrogen-bond acceptors (Lipinski definition) is 2. The Hall–Kier alpha value is -0.220. The quantitative estimate of drug-likeness (QED) is 0.640. The molecule has 0 radical (unpaired) electrons. The molecule has 0 aliphatic rings. The summed E-state index contributed by atoms with van der Waals surface area (Å²) in [5.74, 6) is 0.291. The molecule has 0 amide bonds. The second kappa shape index (κ2) is 6.49. The van der Waals surface area contributed by atoms with E-state index < -0.39 is 13.0 Å². The molecule has 11 heavy (non-hydrogen) atoms. The van der Waals surface area contributed by atoms with Crippen LogP contribution in [-0.4, -0.2) is 33.2 Å². The van der Waals surface area contributed by atoms with E-state index in [4.69, 9.17) is 4.74 Å². The van der Waals surface area contributed by atoms with Crippen molar-refractivity contribution in [3.8, 4) is 0 Å². The van der Waals surface area contributed by atoms with E-state index in [1.54, 1.807) is 0 Å². The average molecular weight is 167 g/mol. The van der Waals surface area contributed by atoms with Gasteiger partial charge in [-0.05, 0) is 19.5 Å². The second-order valence-electron chi connectivity index (χ2n) is 2.59. The maximum Gasteiger partial charge on any atom is 0.261 e. The van der Waals surface area contributed by atoms with Gasteiger partial charge in [-0.1, -0.05) is 6.92 Å². The zero-order valence-electron chi connectivity index (χ0n) is 6.94. The van der Waals surface area contributed by atoms with Crippen LogP contribution >= 0.6 is 0 Å². The minimum atomic E-state index is -2.35. The van der Waals surface area contributed by atoms with Gasteiger partial charge in [0.25, 0.3) is 6.43 Å². The summed E-state index contributed by atoms with van der Waals surface area (Å²) in [6, 6.07) is 0. The molecule has 68 valence electrons. The van der Waals surface area contributed by atoms with Gasteiger partial charge in [-0.2, -0.15) is 0 Å². The van der Waals surface area contributed by atoms with Crippen molar-refractivity contribution in [3.05, 3.63) is 0 Å². The standard InChI is InChI=1S/C7H15F2NO/c1-6(3-10-2)4-11-5-7(8)9/h6-7,10H,3-5H2,1-2H3. The molecule has 0 rings (SSSR count). The molecule has 0 bridgehead atoms. The highest BCUT2D eigenvalue weighted by Crippen LogP contribution is 1.97. The van der Waals surface area contributed by atoms with Crippen LogP contribution < -0.4 is 5.32 Å². The van der Waals surface area contributed by atoms with Crippen LogP contribution in [0.2, 0.25) is 0 Å². The molecule has 0 saturated heterocycles. The smallest absolute Gasteiger partial charge is 0.261 e. The van der Waals surface area contributed by atoms with Crippen LogP contribution in [0.15, 0.2) is 0 Å². The molecule has 0 aromatic rings. The number of nitrogens with one attached hydrogen (secondary N) is 1. The van der Waals surface area contributed by atoms with E-state index in [2.05, 4.69) is 5.32 Å². The lowest BCUT2D eigenvalue weighted by molar-refractivity contribution is 0.00629. The predicted octanol–water partition coefficient (Wildman–Crippen LogP) is 1.12. The van der Waals surface area contributed by atoms with E-state index in [0.29, 0.717) is 12.5 Å². The second-order valence-corrected chi connectivity index (χ2v) is 2.59. The minimum Gasteiger partial charge on any atom is -0.375 e. The van der Waals surface area contributed by atoms with E-state index in [1.807, 2.05) is 14.0 Å². The number of hydrogen-bond donors (Lipinski definition) is 1. The lowest BCUT2D eigenvalue weighted by Crippen LogP contribution is -2.21. The van der Waals surface area contributed by atoms with Crippen molar-refractivity contribution < 1.29 is 13.5 Å². The van der Waals surface area contributed by atoms with Crippen LogP contribution in [0.1, 0.15) is 6.92 Å². The Balaban J connectivity index is 3.10. The first-order chi connectivity index (χ1) is 5.16. The van der Waals surface area contributed by atoms with Crippen molar-refractivity contribution in [1.82, 2.24) is 5.32 Å². The zero-order chi connectivity index (χ0) is 8.69. The van der Waals surface area contributed by atoms with E-state index >= 15 is 0 Å². The van der Waals surface area contributed by atoms with Gasteiger partial charge in [-0.25, -0.2) is 8.78 Å². The third-order valence-electron chi connectivity index (χ3n) is 1.20. The van der Waals surface area contributed by atoms with E-state index in [0.717, 1.165) is 6.54 Å². The molecule has 0 heterocycles. The van der Waals surface area contributed by atoms with Crippen molar-refractivity contribution >= 4 is 0 Å². The van der Waals surface area contributed by atoms with Crippen LogP contribution in [0.4, 0.5) is 8.78 Å². The highest BCUT2D eigenvalue weighted by atomic mass is 19.3. The molecule has 0 spiro atoms. The summed E-state index contributed by atoms with van der Waals surface area (Å²) in [6.07, 6.45) is -2.35. The largest absolute Gasteiger partial charge is 0.375 e. The van der Waals surface area contributed by atoms with Gasteiger partial charge in [0.15, 0.2) is 0 Å². The van der Waals surface area contributed by atoms with E-state index in [1.165, 1.54) is 0 Å². The Labute approximate surface area is 65.9 Å². The summed E-state index contributed by atoms with van der Waals surface area (Å²) in [5.41, 5.74) is 0. The van der Waals surface area contributed by atoms with Crippen molar-refractivity contribution in [2.75, 3.05) is 26.8 Å². The molecule has 0 aliphatic heterocycles. The maximum atomic E-state index is 11.5. The predicted molar refractivity (Wildman–Crippen MR) is 39.9 cm³/mol. The van der Waals surface area contributed by atoms with Gasteiger partial charge in [0, 0.05) is 0 Å². The van der Waals surface area contributed by atoms with Crippen molar-refractivity contribution in [2.45, 2.75) is 13.3 Å². The molecule has 1 atom stereocenters. The van der Waals surface area contributed by atoms with Crippen molar-refractivity contribution in [3.63, 3.8) is 0 Å². The van der Waals surface area contributed by atoms with Crippen molar-refractivity contribution in [1.29, 1.82) is 0 Å². The first-order valence-electron chi connectivity index (χ1n) is 3.67. The molecular weight excluding hydrogens is 152 g/mol. The van der Waals surface area contributed by atoms with Crippen molar-refractivity contribution in [2.24, 2.45) is 5.92 Å². The Bertz CT molecular complexity index is 90.5. The summed E-state index contributed by atoms with van der Waals surface area (Å²) in [6.45, 7) is 2.68. The van der Waals surface area contributed by atoms with Gasteiger partial charge in [0.05, 0.1) is 6.61 Å². The number of alkyl halides is 2. The van der Waals surface area contributed by atoms with Gasteiger partial charge < -0.3 is 10.1 Å². The Morgan fingerprint density at radius 3 is 2.45 bits per heavy atom. The van der Waals surface area contributed by atoms with E-state index in [-0.39, 0.29) is 0 Å². The van der Waals surface area contributed by atoms with Crippen LogP contribution in [0.3, 0.4) is 0 Å². The normalized spacial score (nSPS) is 13.9. The minimum absolute atomic E-state index is 0.291. The molecule has 1 N–H and O–H groups in total. The molecule has 2 nitrogen and oxygen atoms in total. The SMILES string of the molecule is CNCC(C)COCC(F)F. The Kier molecular flexibility index (Phi) is 6.36. The van der Waals surface area contributed by atoms with Gasteiger partial charge in [-0.3, -0.25) is 0 Å². The van der Waals surface area contributed by atoms with E-state index in [9.17, 15) is 8.78 Å². The third-order valence-corrected chi connectivity index (χ3v) is 1.20. The fraction of sp³-hybridized carbons (Fsp3) is 1.00. The molecule has 4 heteroatoms. The summed E-state index contributed by atoms with van der Waals surface area (Å²) in [5, 5.41) is 2.94. The molecule has 0 fully saturated rings. The number of ether oxygens (including phenoxy) is 1. The first kappa shape index (κ1) is 10.8. The molecular formula is C7H15F2NO. The van der Waals surface area contributed by atoms with Crippen LogP contribution in [-0.2, 0) is 4.74 Å². The third kappa shape index (κ3) is 7.68. The lowest BCUT2D eigenvalue weighted by atomic mass is 10.2. The fourth-order valence-corrected chi connectivity index (χ4v) is 0.766. The maximum absolute atomic E-state index is 11.5. The summed E-state index contributed by atoms with van der Waals surface area (Å²) in [4.78, 5) is 0. The summed E-state index contributed by atoms with van der Waals surface area (Å²) >= 11 is 0. The average Bonchev–Trinajstić information content (AvgIpc) is 1.87. The van der Waals surface area contributed by atoms with Crippen LogP contribution in [0.25, 0.3) is 0 Å². The zero-order valence-corrected chi connectivity index (χ0v) is 6.94.